The van der Waals surface area contributed by atoms with E-state index in [1.54, 1.807) is 0 Å². The summed E-state index contributed by atoms with van der Waals surface area (Å²) in [5, 5.41) is 8.30. The Bertz CT molecular complexity index is 1130. The Morgan fingerprint density at radius 1 is 1.00 bits per heavy atom. The summed E-state index contributed by atoms with van der Waals surface area (Å²) >= 11 is 0. The standard InChI is InChI=1S/C28H35N3O3/c1-19(2)27(30-26(32)17-21-11-12-22-8-4-5-9-23(22)16-21)28(33)29-18-24(31-14-6-7-15-31)25-13-10-20(3)34-25/h4-5,8-13,16,19,24,27H,6-7,14-15,17-18H2,1-3H3,(H,29,33)(H,30,32). The van der Waals surface area contributed by atoms with Gasteiger partial charge < -0.3 is 15.1 Å². The Balaban J connectivity index is 1.38. The number of carbonyl (C=O) groups excluding carboxylic acids is 2. The van der Waals surface area contributed by atoms with Crippen LogP contribution in [0.25, 0.3) is 10.8 Å². The van der Waals surface area contributed by atoms with Crippen molar-refractivity contribution in [2.45, 2.75) is 52.1 Å². The SMILES string of the molecule is Cc1ccc(C(CNC(=O)C(NC(=O)Cc2ccc3ccccc3c2)C(C)C)N2CCCC2)o1. The Labute approximate surface area is 201 Å². The minimum atomic E-state index is -0.592. The summed E-state index contributed by atoms with van der Waals surface area (Å²) in [7, 11) is 0. The van der Waals surface area contributed by atoms with E-state index in [0.29, 0.717) is 6.54 Å². The summed E-state index contributed by atoms with van der Waals surface area (Å²) < 4.78 is 5.90. The lowest BCUT2D eigenvalue weighted by Crippen LogP contribution is -2.51. The lowest BCUT2D eigenvalue weighted by atomic mass is 10.0. The zero-order valence-electron chi connectivity index (χ0n) is 20.3. The van der Waals surface area contributed by atoms with E-state index in [1.807, 2.05) is 69.3 Å². The first-order chi connectivity index (χ1) is 16.4. The molecule has 0 spiro atoms. The fourth-order valence-corrected chi connectivity index (χ4v) is 4.70. The Kier molecular flexibility index (Phi) is 7.68. The van der Waals surface area contributed by atoms with Crippen molar-refractivity contribution in [3.05, 3.63) is 71.7 Å². The van der Waals surface area contributed by atoms with Gasteiger partial charge in [-0.05, 0) is 67.2 Å². The van der Waals surface area contributed by atoms with Gasteiger partial charge in [0.1, 0.15) is 17.6 Å². The maximum absolute atomic E-state index is 13.1. The van der Waals surface area contributed by atoms with E-state index in [2.05, 4.69) is 21.6 Å². The second-order valence-electron chi connectivity index (χ2n) is 9.60. The third-order valence-corrected chi connectivity index (χ3v) is 6.58. The number of hydrogen-bond donors (Lipinski definition) is 2. The maximum atomic E-state index is 13.1. The molecule has 0 aliphatic carbocycles. The van der Waals surface area contributed by atoms with Crippen molar-refractivity contribution < 1.29 is 14.0 Å². The molecule has 1 fully saturated rings. The molecule has 1 saturated heterocycles. The molecule has 2 heterocycles. The molecule has 2 atom stereocenters. The molecule has 0 saturated carbocycles. The molecule has 6 heteroatoms. The highest BCUT2D eigenvalue weighted by molar-refractivity contribution is 5.89. The van der Waals surface area contributed by atoms with Crippen LogP contribution in [-0.2, 0) is 16.0 Å². The van der Waals surface area contributed by atoms with Gasteiger partial charge in [0.2, 0.25) is 11.8 Å². The Hall–Kier alpha value is -3.12. The number of carbonyl (C=O) groups is 2. The van der Waals surface area contributed by atoms with E-state index in [-0.39, 0.29) is 30.2 Å². The lowest BCUT2D eigenvalue weighted by Gasteiger charge is -2.28. The van der Waals surface area contributed by atoms with Gasteiger partial charge in [0.05, 0.1) is 12.5 Å². The van der Waals surface area contributed by atoms with E-state index in [0.717, 1.165) is 53.8 Å². The summed E-state index contributed by atoms with van der Waals surface area (Å²) in [6, 6.07) is 17.5. The molecule has 2 aromatic carbocycles. The number of nitrogens with one attached hydrogen (secondary N) is 2. The smallest absolute Gasteiger partial charge is 0.242 e. The number of fused-ring (bicyclic) bond motifs is 1. The fourth-order valence-electron chi connectivity index (χ4n) is 4.70. The van der Waals surface area contributed by atoms with Gasteiger partial charge in [-0.15, -0.1) is 0 Å². The first-order valence-corrected chi connectivity index (χ1v) is 12.3. The van der Waals surface area contributed by atoms with Crippen LogP contribution >= 0.6 is 0 Å². The minimum absolute atomic E-state index is 0.00117. The third kappa shape index (κ3) is 5.86. The normalized spacial score (nSPS) is 16.0. The van der Waals surface area contributed by atoms with E-state index in [4.69, 9.17) is 4.42 Å². The van der Waals surface area contributed by atoms with Crippen molar-refractivity contribution in [2.75, 3.05) is 19.6 Å². The average molecular weight is 462 g/mol. The highest BCUT2D eigenvalue weighted by atomic mass is 16.3. The number of likely N-dealkylation sites (tertiary alicyclic amines) is 1. The van der Waals surface area contributed by atoms with Crippen molar-refractivity contribution in [2.24, 2.45) is 5.92 Å². The number of nitrogens with zero attached hydrogens (tertiary/aromatic N) is 1. The molecule has 1 aromatic heterocycles. The third-order valence-electron chi connectivity index (χ3n) is 6.58. The van der Waals surface area contributed by atoms with Gasteiger partial charge in [-0.2, -0.15) is 0 Å². The number of hydrogen-bond acceptors (Lipinski definition) is 4. The molecule has 1 aliphatic rings. The number of aryl methyl sites for hydroxylation is 1. The average Bonchev–Trinajstić information content (AvgIpc) is 3.50. The molecule has 2 amide bonds. The monoisotopic (exact) mass is 461 g/mol. The lowest BCUT2D eigenvalue weighted by molar-refractivity contribution is -0.130. The molecule has 0 bridgehead atoms. The molecule has 2 N–H and O–H groups in total. The maximum Gasteiger partial charge on any atom is 0.242 e. The van der Waals surface area contributed by atoms with Crippen LogP contribution < -0.4 is 10.6 Å². The van der Waals surface area contributed by atoms with Crippen LogP contribution in [-0.4, -0.2) is 42.4 Å². The zero-order chi connectivity index (χ0) is 24.1. The van der Waals surface area contributed by atoms with Crippen molar-refractivity contribution in [3.63, 3.8) is 0 Å². The molecule has 34 heavy (non-hydrogen) atoms. The van der Waals surface area contributed by atoms with Crippen molar-refractivity contribution in [3.8, 4) is 0 Å². The van der Waals surface area contributed by atoms with Crippen LogP contribution in [0.3, 0.4) is 0 Å². The highest BCUT2D eigenvalue weighted by Gasteiger charge is 2.29. The predicted octanol–water partition coefficient (Wildman–Crippen LogP) is 4.38. The summed E-state index contributed by atoms with van der Waals surface area (Å²) in [4.78, 5) is 28.3. The quantitative estimate of drug-likeness (QED) is 0.496. The van der Waals surface area contributed by atoms with Crippen LogP contribution in [0.5, 0.6) is 0 Å². The van der Waals surface area contributed by atoms with E-state index >= 15 is 0 Å². The predicted molar refractivity (Wildman–Crippen MR) is 134 cm³/mol. The molecule has 0 radical (unpaired) electrons. The van der Waals surface area contributed by atoms with Crippen LogP contribution in [0.1, 0.15) is 49.8 Å². The number of amides is 2. The zero-order valence-corrected chi connectivity index (χ0v) is 20.3. The second-order valence-corrected chi connectivity index (χ2v) is 9.60. The number of rotatable bonds is 9. The van der Waals surface area contributed by atoms with Crippen LogP contribution in [0.2, 0.25) is 0 Å². The van der Waals surface area contributed by atoms with Gasteiger partial charge >= 0.3 is 0 Å². The molecular weight excluding hydrogens is 426 g/mol. The van der Waals surface area contributed by atoms with Crippen LogP contribution in [0.4, 0.5) is 0 Å². The fraction of sp³-hybridized carbons (Fsp3) is 0.429. The molecule has 180 valence electrons. The van der Waals surface area contributed by atoms with Crippen LogP contribution in [0.15, 0.2) is 59.0 Å². The van der Waals surface area contributed by atoms with Gasteiger partial charge in [0.15, 0.2) is 0 Å². The Morgan fingerprint density at radius 2 is 1.74 bits per heavy atom. The van der Waals surface area contributed by atoms with E-state index in [9.17, 15) is 9.59 Å². The van der Waals surface area contributed by atoms with Gasteiger partial charge in [-0.25, -0.2) is 0 Å². The van der Waals surface area contributed by atoms with Crippen molar-refractivity contribution in [1.82, 2.24) is 15.5 Å². The van der Waals surface area contributed by atoms with E-state index < -0.39 is 6.04 Å². The van der Waals surface area contributed by atoms with Gasteiger partial charge in [0.25, 0.3) is 0 Å². The molecule has 6 nitrogen and oxygen atoms in total. The molecule has 2 unspecified atom stereocenters. The van der Waals surface area contributed by atoms with Crippen molar-refractivity contribution >= 4 is 22.6 Å². The van der Waals surface area contributed by atoms with Gasteiger partial charge in [0, 0.05) is 6.54 Å². The first kappa shape index (κ1) is 24.0. The number of furan rings is 1. The summed E-state index contributed by atoms with van der Waals surface area (Å²) in [6.45, 7) is 8.29. The molecule has 4 rings (SSSR count). The van der Waals surface area contributed by atoms with Gasteiger partial charge in [-0.3, -0.25) is 14.5 Å². The first-order valence-electron chi connectivity index (χ1n) is 12.3. The Morgan fingerprint density at radius 3 is 2.41 bits per heavy atom. The largest absolute Gasteiger partial charge is 0.465 e. The van der Waals surface area contributed by atoms with Crippen LogP contribution in [0, 0.1) is 12.8 Å². The van der Waals surface area contributed by atoms with Crippen molar-refractivity contribution in [1.29, 1.82) is 0 Å². The summed E-state index contributed by atoms with van der Waals surface area (Å²) in [5.74, 6) is 1.40. The highest BCUT2D eigenvalue weighted by Crippen LogP contribution is 2.26. The molecule has 1 aliphatic heterocycles. The molecular formula is C28H35N3O3. The molecule has 3 aromatic rings. The minimum Gasteiger partial charge on any atom is -0.465 e. The second kappa shape index (κ2) is 10.9. The van der Waals surface area contributed by atoms with E-state index in [1.165, 1.54) is 0 Å². The summed E-state index contributed by atoms with van der Waals surface area (Å²) in [6.07, 6.45) is 2.55. The number of benzene rings is 2. The topological polar surface area (TPSA) is 74.6 Å². The van der Waals surface area contributed by atoms with Gasteiger partial charge in [-0.1, -0.05) is 56.3 Å². The summed E-state index contributed by atoms with van der Waals surface area (Å²) in [5.41, 5.74) is 0.932.